The minimum atomic E-state index is 0.669. The highest BCUT2D eigenvalue weighted by Crippen LogP contribution is 2.45. The first-order valence-corrected chi connectivity index (χ1v) is 20.9. The van der Waals surface area contributed by atoms with Gasteiger partial charge in [0.2, 0.25) is 0 Å². The number of benzene rings is 9. The van der Waals surface area contributed by atoms with Gasteiger partial charge in [-0.05, 0) is 75.8 Å². The smallest absolute Gasteiger partial charge is 0.160 e. The van der Waals surface area contributed by atoms with E-state index in [2.05, 4.69) is 188 Å². The Labute approximate surface area is 358 Å². The molecule has 4 heteroatoms. The third kappa shape index (κ3) is 6.16. The summed E-state index contributed by atoms with van der Waals surface area (Å²) in [6, 6.07) is 76.1. The molecule has 0 fully saturated rings. The first-order valence-electron chi connectivity index (χ1n) is 20.9. The van der Waals surface area contributed by atoms with Gasteiger partial charge in [-0.3, -0.25) is 0 Å². The summed E-state index contributed by atoms with van der Waals surface area (Å²) in [5, 5.41) is 4.33. The molecule has 62 heavy (non-hydrogen) atoms. The van der Waals surface area contributed by atoms with E-state index in [1.54, 1.807) is 0 Å². The van der Waals surface area contributed by atoms with Crippen LogP contribution in [0.25, 0.3) is 122 Å². The molecule has 3 aromatic heterocycles. The average Bonchev–Trinajstić information content (AvgIpc) is 3.94. The average molecular weight is 793 g/mol. The van der Waals surface area contributed by atoms with Gasteiger partial charge in [0.25, 0.3) is 0 Å². The summed E-state index contributed by atoms with van der Waals surface area (Å²) in [5.41, 5.74) is 16.8. The van der Waals surface area contributed by atoms with Crippen LogP contribution in [0.3, 0.4) is 0 Å². The number of hydrogen-bond donors (Lipinski definition) is 0. The molecule has 0 N–H and O–H groups in total. The molecule has 0 amide bonds. The molecular weight excluding hydrogens is 757 g/mol. The van der Waals surface area contributed by atoms with E-state index < -0.39 is 0 Å². The van der Waals surface area contributed by atoms with Gasteiger partial charge in [-0.15, -0.1) is 0 Å². The van der Waals surface area contributed by atoms with E-state index in [9.17, 15) is 0 Å². The molecule has 12 rings (SSSR count). The van der Waals surface area contributed by atoms with Gasteiger partial charge < -0.3 is 8.83 Å². The lowest BCUT2D eigenvalue weighted by molar-refractivity contribution is 0.665. The minimum Gasteiger partial charge on any atom is -0.455 e. The Morgan fingerprint density at radius 2 is 0.742 bits per heavy atom. The maximum absolute atomic E-state index is 6.74. The van der Waals surface area contributed by atoms with Gasteiger partial charge >= 0.3 is 0 Å². The number of fused-ring (bicyclic) bond motifs is 6. The molecule has 0 spiro atoms. The van der Waals surface area contributed by atoms with E-state index in [0.29, 0.717) is 5.82 Å². The van der Waals surface area contributed by atoms with Crippen molar-refractivity contribution in [3.05, 3.63) is 218 Å². The lowest BCUT2D eigenvalue weighted by Crippen LogP contribution is -1.97. The molecule has 0 radical (unpaired) electrons. The van der Waals surface area contributed by atoms with Crippen molar-refractivity contribution in [1.82, 2.24) is 9.97 Å². The Bertz CT molecular complexity index is 3550. The molecule has 3 heterocycles. The van der Waals surface area contributed by atoms with E-state index >= 15 is 0 Å². The summed E-state index contributed by atoms with van der Waals surface area (Å²) in [4.78, 5) is 10.5. The first kappa shape index (κ1) is 35.6. The molecule has 0 aliphatic carbocycles. The standard InChI is InChI=1S/C58H36N2O2/c1-4-15-37(16-5-1)42-33-43(38-17-6-2-7-18-38)35-44(34-42)58-59-51(40-19-8-3-9-20-40)36-52(60-58)41-29-27-39(28-30-41)45-31-32-49(57-55(45)50-22-11-13-26-54(50)62-57)48-24-14-23-47-46-21-10-12-25-53(46)61-56(47)48/h1-36H. The third-order valence-electron chi connectivity index (χ3n) is 11.9. The third-order valence-corrected chi connectivity index (χ3v) is 11.9. The molecule has 0 saturated heterocycles. The molecule has 9 aromatic carbocycles. The van der Waals surface area contributed by atoms with Crippen LogP contribution in [0.1, 0.15) is 0 Å². The summed E-state index contributed by atoms with van der Waals surface area (Å²) in [6.07, 6.45) is 0. The van der Waals surface area contributed by atoms with Crippen LogP contribution >= 0.6 is 0 Å². The van der Waals surface area contributed by atoms with Gasteiger partial charge in [-0.1, -0.05) is 176 Å². The Balaban J connectivity index is 0.994. The first-order chi connectivity index (χ1) is 30.7. The number of para-hydroxylation sites is 3. The SMILES string of the molecule is c1ccc(-c2cc(-c3ccccc3)cc(-c3nc(-c4ccccc4)cc(-c4ccc(-c5ccc(-c6cccc7c6oc6ccccc67)c6oc7ccccc7c56)cc4)n3)c2)cc1. The Hall–Kier alpha value is -8.34. The summed E-state index contributed by atoms with van der Waals surface area (Å²) in [5.74, 6) is 0.669. The van der Waals surface area contributed by atoms with Crippen LogP contribution < -0.4 is 0 Å². The molecule has 0 bridgehead atoms. The molecule has 0 saturated carbocycles. The second kappa shape index (κ2) is 14.7. The van der Waals surface area contributed by atoms with Gasteiger partial charge in [-0.2, -0.15) is 0 Å². The predicted molar refractivity (Wildman–Crippen MR) is 255 cm³/mol. The van der Waals surface area contributed by atoms with E-state index in [1.165, 1.54) is 0 Å². The number of hydrogen-bond acceptors (Lipinski definition) is 4. The number of furan rings is 2. The summed E-state index contributed by atoms with van der Waals surface area (Å²) < 4.78 is 13.2. The van der Waals surface area contributed by atoms with E-state index in [1.807, 2.05) is 30.3 Å². The van der Waals surface area contributed by atoms with E-state index in [0.717, 1.165) is 116 Å². The van der Waals surface area contributed by atoms with Crippen LogP contribution in [0.4, 0.5) is 0 Å². The molecule has 290 valence electrons. The molecular formula is C58H36N2O2. The highest BCUT2D eigenvalue weighted by molar-refractivity contribution is 6.18. The van der Waals surface area contributed by atoms with Gasteiger partial charge in [0.1, 0.15) is 22.3 Å². The van der Waals surface area contributed by atoms with Gasteiger partial charge in [-0.25, -0.2) is 9.97 Å². The molecule has 0 aliphatic rings. The van der Waals surface area contributed by atoms with Gasteiger partial charge in [0.15, 0.2) is 5.82 Å². The van der Waals surface area contributed by atoms with E-state index in [-0.39, 0.29) is 0 Å². The maximum atomic E-state index is 6.74. The van der Waals surface area contributed by atoms with Crippen LogP contribution in [0.2, 0.25) is 0 Å². The number of aromatic nitrogens is 2. The van der Waals surface area contributed by atoms with Crippen molar-refractivity contribution in [2.45, 2.75) is 0 Å². The molecule has 0 unspecified atom stereocenters. The lowest BCUT2D eigenvalue weighted by Gasteiger charge is -2.13. The molecule has 12 aromatic rings. The molecule has 0 atom stereocenters. The fraction of sp³-hybridized carbons (Fsp3) is 0. The van der Waals surface area contributed by atoms with Crippen LogP contribution in [-0.2, 0) is 0 Å². The monoisotopic (exact) mass is 792 g/mol. The predicted octanol–water partition coefficient (Wildman–Crippen LogP) is 15.9. The zero-order valence-electron chi connectivity index (χ0n) is 33.5. The zero-order valence-corrected chi connectivity index (χ0v) is 33.5. The lowest BCUT2D eigenvalue weighted by atomic mass is 9.93. The summed E-state index contributed by atoms with van der Waals surface area (Å²) in [7, 11) is 0. The maximum Gasteiger partial charge on any atom is 0.160 e. The quantitative estimate of drug-likeness (QED) is 0.161. The van der Waals surface area contributed by atoms with E-state index in [4.69, 9.17) is 18.8 Å². The van der Waals surface area contributed by atoms with Crippen molar-refractivity contribution in [3.8, 4) is 78.4 Å². The fourth-order valence-electron chi connectivity index (χ4n) is 8.89. The van der Waals surface area contributed by atoms with Crippen LogP contribution in [0.5, 0.6) is 0 Å². The van der Waals surface area contributed by atoms with Crippen molar-refractivity contribution in [2.75, 3.05) is 0 Å². The highest BCUT2D eigenvalue weighted by atomic mass is 16.3. The van der Waals surface area contributed by atoms with Crippen LogP contribution in [0.15, 0.2) is 227 Å². The van der Waals surface area contributed by atoms with Crippen molar-refractivity contribution in [2.24, 2.45) is 0 Å². The second-order valence-corrected chi connectivity index (χ2v) is 15.7. The fourth-order valence-corrected chi connectivity index (χ4v) is 8.89. The van der Waals surface area contributed by atoms with Crippen molar-refractivity contribution in [3.63, 3.8) is 0 Å². The summed E-state index contributed by atoms with van der Waals surface area (Å²) in [6.45, 7) is 0. The van der Waals surface area contributed by atoms with Gasteiger partial charge in [0, 0.05) is 49.4 Å². The summed E-state index contributed by atoms with van der Waals surface area (Å²) >= 11 is 0. The number of rotatable bonds is 7. The Kier molecular flexibility index (Phi) is 8.46. The number of nitrogens with zero attached hydrogens (tertiary/aromatic N) is 2. The van der Waals surface area contributed by atoms with Gasteiger partial charge in [0.05, 0.1) is 11.4 Å². The van der Waals surface area contributed by atoms with Crippen molar-refractivity contribution in [1.29, 1.82) is 0 Å². The highest BCUT2D eigenvalue weighted by Gasteiger charge is 2.21. The molecule has 0 aliphatic heterocycles. The largest absolute Gasteiger partial charge is 0.455 e. The molecule has 4 nitrogen and oxygen atoms in total. The van der Waals surface area contributed by atoms with Crippen LogP contribution in [-0.4, -0.2) is 9.97 Å². The Morgan fingerprint density at radius 3 is 1.40 bits per heavy atom. The second-order valence-electron chi connectivity index (χ2n) is 15.7. The topological polar surface area (TPSA) is 52.1 Å². The zero-order chi connectivity index (χ0) is 41.0. The van der Waals surface area contributed by atoms with Crippen molar-refractivity contribution >= 4 is 43.9 Å². The van der Waals surface area contributed by atoms with Crippen molar-refractivity contribution < 1.29 is 8.83 Å². The normalized spacial score (nSPS) is 11.5. The minimum absolute atomic E-state index is 0.669. The Morgan fingerprint density at radius 1 is 0.274 bits per heavy atom. The van der Waals surface area contributed by atoms with Crippen LogP contribution in [0, 0.1) is 0 Å².